The Bertz CT molecular complexity index is 491. The van der Waals surface area contributed by atoms with Crippen molar-refractivity contribution in [2.24, 2.45) is 5.92 Å². The number of cyclic esters (lactones) is 1. The molecule has 134 valence electrons. The summed E-state index contributed by atoms with van der Waals surface area (Å²) in [5.41, 5.74) is 0. The van der Waals surface area contributed by atoms with E-state index < -0.39 is 5.92 Å². The van der Waals surface area contributed by atoms with E-state index in [0.29, 0.717) is 25.8 Å². The molecule has 2 atom stereocenters. The molecule has 0 aromatic heterocycles. The Hall–Kier alpha value is -1.89. The molecule has 0 unspecified atom stereocenters. The Labute approximate surface area is 142 Å². The van der Waals surface area contributed by atoms with Gasteiger partial charge in [0, 0.05) is 25.9 Å². The van der Waals surface area contributed by atoms with Crippen molar-refractivity contribution in [3.63, 3.8) is 0 Å². The van der Waals surface area contributed by atoms with Crippen LogP contribution in [0, 0.1) is 5.92 Å². The molecule has 2 N–H and O–H groups in total. The highest BCUT2D eigenvalue weighted by atomic mass is 16.5. The van der Waals surface area contributed by atoms with E-state index in [9.17, 15) is 14.4 Å². The van der Waals surface area contributed by atoms with Gasteiger partial charge in [-0.3, -0.25) is 14.4 Å². The predicted molar refractivity (Wildman–Crippen MR) is 86.9 cm³/mol. The van der Waals surface area contributed by atoms with E-state index in [4.69, 9.17) is 9.84 Å². The molecule has 2 aliphatic heterocycles. The SMILES string of the molecule is O=C(C[C@H]1C/C=C/CCC(=O)OC[C@H]2CCCN2C1=O)NCCO. The van der Waals surface area contributed by atoms with E-state index in [2.05, 4.69) is 5.32 Å². The first-order valence-corrected chi connectivity index (χ1v) is 8.60. The van der Waals surface area contributed by atoms with Crippen molar-refractivity contribution in [3.8, 4) is 0 Å². The number of ether oxygens (including phenoxy) is 1. The second-order valence-corrected chi connectivity index (χ2v) is 6.23. The van der Waals surface area contributed by atoms with Crippen molar-refractivity contribution in [3.05, 3.63) is 12.2 Å². The van der Waals surface area contributed by atoms with Gasteiger partial charge in [-0.05, 0) is 25.7 Å². The summed E-state index contributed by atoms with van der Waals surface area (Å²) in [4.78, 5) is 38.2. The molecule has 0 aliphatic carbocycles. The lowest BCUT2D eigenvalue weighted by molar-refractivity contribution is -0.148. The third kappa shape index (κ3) is 5.33. The van der Waals surface area contributed by atoms with Gasteiger partial charge in [0.1, 0.15) is 6.61 Å². The number of nitrogens with zero attached hydrogens (tertiary/aromatic N) is 1. The first kappa shape index (κ1) is 18.4. The summed E-state index contributed by atoms with van der Waals surface area (Å²) in [6, 6.07) is -0.0899. The van der Waals surface area contributed by atoms with E-state index in [1.807, 2.05) is 12.2 Å². The highest BCUT2D eigenvalue weighted by Crippen LogP contribution is 2.24. The highest BCUT2D eigenvalue weighted by Gasteiger charge is 2.34. The van der Waals surface area contributed by atoms with Crippen molar-refractivity contribution in [2.45, 2.75) is 44.6 Å². The average Bonchev–Trinajstić information content (AvgIpc) is 3.03. The molecule has 0 aromatic carbocycles. The molecule has 2 rings (SSSR count). The van der Waals surface area contributed by atoms with Crippen molar-refractivity contribution >= 4 is 17.8 Å². The van der Waals surface area contributed by atoms with Gasteiger partial charge in [0.2, 0.25) is 11.8 Å². The number of esters is 1. The van der Waals surface area contributed by atoms with Gasteiger partial charge in [-0.25, -0.2) is 0 Å². The quantitative estimate of drug-likeness (QED) is 0.570. The maximum Gasteiger partial charge on any atom is 0.306 e. The van der Waals surface area contributed by atoms with Crippen LogP contribution in [0.4, 0.5) is 0 Å². The van der Waals surface area contributed by atoms with Crippen LogP contribution in [0.25, 0.3) is 0 Å². The molecular weight excluding hydrogens is 312 g/mol. The Kier molecular flexibility index (Phi) is 7.24. The first-order valence-electron chi connectivity index (χ1n) is 8.60. The molecule has 0 saturated carbocycles. The zero-order valence-corrected chi connectivity index (χ0v) is 13.9. The Morgan fingerprint density at radius 1 is 1.38 bits per heavy atom. The third-order valence-corrected chi connectivity index (χ3v) is 4.41. The van der Waals surface area contributed by atoms with Gasteiger partial charge in [-0.2, -0.15) is 0 Å². The normalized spacial score (nSPS) is 26.8. The van der Waals surface area contributed by atoms with Crippen LogP contribution in [0.1, 0.15) is 38.5 Å². The summed E-state index contributed by atoms with van der Waals surface area (Å²) >= 11 is 0. The summed E-state index contributed by atoms with van der Waals surface area (Å²) in [5, 5.41) is 11.4. The Morgan fingerprint density at radius 2 is 2.21 bits per heavy atom. The summed E-state index contributed by atoms with van der Waals surface area (Å²) in [6.45, 7) is 0.943. The number of carbonyl (C=O) groups excluding carboxylic acids is 3. The fourth-order valence-electron chi connectivity index (χ4n) is 3.14. The number of amides is 2. The minimum atomic E-state index is -0.421. The third-order valence-electron chi connectivity index (χ3n) is 4.41. The number of aliphatic hydroxyl groups is 1. The highest BCUT2D eigenvalue weighted by molar-refractivity contribution is 5.86. The molecule has 0 bridgehead atoms. The van der Waals surface area contributed by atoms with Gasteiger partial charge in [0.15, 0.2) is 0 Å². The number of rotatable bonds is 4. The monoisotopic (exact) mass is 338 g/mol. The minimum absolute atomic E-state index is 0.0575. The fourth-order valence-corrected chi connectivity index (χ4v) is 3.14. The van der Waals surface area contributed by atoms with E-state index in [1.165, 1.54) is 0 Å². The number of allylic oxidation sites excluding steroid dienone is 2. The standard InChI is InChI=1S/C17H26N2O5/c20-10-8-18-15(21)11-13-5-2-1-3-7-16(22)24-12-14-6-4-9-19(14)17(13)23/h1-2,13-14,20H,3-12H2,(H,18,21)/b2-1+/t13-,14-/m1/s1. The summed E-state index contributed by atoms with van der Waals surface area (Å²) in [5.74, 6) is -0.946. The molecular formula is C17H26N2O5. The van der Waals surface area contributed by atoms with Gasteiger partial charge in [-0.15, -0.1) is 0 Å². The van der Waals surface area contributed by atoms with Crippen LogP contribution in [0.5, 0.6) is 0 Å². The molecule has 0 radical (unpaired) electrons. The lowest BCUT2D eigenvalue weighted by Crippen LogP contribution is -2.43. The number of hydrogen-bond donors (Lipinski definition) is 2. The second kappa shape index (κ2) is 9.42. The molecule has 2 heterocycles. The lowest BCUT2D eigenvalue weighted by Gasteiger charge is -2.28. The maximum atomic E-state index is 12.9. The lowest BCUT2D eigenvalue weighted by atomic mass is 9.97. The average molecular weight is 338 g/mol. The molecule has 7 nitrogen and oxygen atoms in total. The van der Waals surface area contributed by atoms with Crippen molar-refractivity contribution < 1.29 is 24.2 Å². The number of nitrogens with one attached hydrogen (secondary N) is 1. The van der Waals surface area contributed by atoms with Crippen LogP contribution < -0.4 is 5.32 Å². The largest absolute Gasteiger partial charge is 0.463 e. The van der Waals surface area contributed by atoms with Crippen LogP contribution in [0.15, 0.2) is 12.2 Å². The van der Waals surface area contributed by atoms with E-state index in [0.717, 1.165) is 12.8 Å². The van der Waals surface area contributed by atoms with Crippen LogP contribution in [-0.2, 0) is 19.1 Å². The zero-order chi connectivity index (χ0) is 17.4. The zero-order valence-electron chi connectivity index (χ0n) is 13.9. The molecule has 1 fully saturated rings. The van der Waals surface area contributed by atoms with Gasteiger partial charge in [0.25, 0.3) is 0 Å². The van der Waals surface area contributed by atoms with Crippen molar-refractivity contribution in [1.82, 2.24) is 10.2 Å². The fraction of sp³-hybridized carbons (Fsp3) is 0.706. The number of fused-ring (bicyclic) bond motifs is 1. The summed E-state index contributed by atoms with van der Waals surface area (Å²) in [6.07, 6.45) is 6.91. The van der Waals surface area contributed by atoms with Crippen LogP contribution in [-0.4, -0.2) is 60.1 Å². The van der Waals surface area contributed by atoms with Gasteiger partial charge < -0.3 is 20.1 Å². The molecule has 2 aliphatic rings. The van der Waals surface area contributed by atoms with E-state index >= 15 is 0 Å². The molecule has 0 aromatic rings. The van der Waals surface area contributed by atoms with E-state index in [1.54, 1.807) is 4.90 Å². The first-order chi connectivity index (χ1) is 11.6. The smallest absolute Gasteiger partial charge is 0.306 e. The molecule has 2 amide bonds. The van der Waals surface area contributed by atoms with Crippen molar-refractivity contribution in [2.75, 3.05) is 26.3 Å². The van der Waals surface area contributed by atoms with Crippen molar-refractivity contribution in [1.29, 1.82) is 0 Å². The predicted octanol–water partition coefficient (Wildman–Crippen LogP) is 0.376. The second-order valence-electron chi connectivity index (χ2n) is 6.23. The molecule has 1 saturated heterocycles. The number of aliphatic hydroxyl groups excluding tert-OH is 1. The molecule has 0 spiro atoms. The Morgan fingerprint density at radius 3 is 3.00 bits per heavy atom. The van der Waals surface area contributed by atoms with E-state index in [-0.39, 0.29) is 50.0 Å². The number of carbonyl (C=O) groups is 3. The van der Waals surface area contributed by atoms with Gasteiger partial charge >= 0.3 is 5.97 Å². The Balaban J connectivity index is 2.08. The maximum absolute atomic E-state index is 12.9. The van der Waals surface area contributed by atoms with Crippen LogP contribution >= 0.6 is 0 Å². The summed E-state index contributed by atoms with van der Waals surface area (Å²) < 4.78 is 5.27. The van der Waals surface area contributed by atoms with Gasteiger partial charge in [-0.1, -0.05) is 12.2 Å². The topological polar surface area (TPSA) is 95.9 Å². The summed E-state index contributed by atoms with van der Waals surface area (Å²) in [7, 11) is 0. The molecule has 7 heteroatoms. The minimum Gasteiger partial charge on any atom is -0.463 e. The number of hydrogen-bond acceptors (Lipinski definition) is 5. The van der Waals surface area contributed by atoms with Crippen LogP contribution in [0.3, 0.4) is 0 Å². The molecule has 24 heavy (non-hydrogen) atoms. The van der Waals surface area contributed by atoms with Gasteiger partial charge in [0.05, 0.1) is 18.6 Å². The van der Waals surface area contributed by atoms with Crippen LogP contribution in [0.2, 0.25) is 0 Å².